The monoisotopic (exact) mass is 958 g/mol. The van der Waals surface area contributed by atoms with Crippen molar-refractivity contribution in [2.45, 2.75) is 148 Å². The van der Waals surface area contributed by atoms with Crippen molar-refractivity contribution in [1.82, 2.24) is 42.5 Å². The Hall–Kier alpha value is -2.88. The van der Waals surface area contributed by atoms with Crippen molar-refractivity contribution >= 4 is 5.97 Å². The molecule has 9 aliphatic rings. The number of carbonyl (C=O) groups is 1. The molecule has 0 radical (unpaired) electrons. The number of benzene rings is 1. The number of halogens is 15. The van der Waals surface area contributed by atoms with E-state index in [2.05, 4.69) is 42.5 Å². The number of ether oxygens (including phenoxy) is 1. The molecular formula is C39H45F15N8O3. The third kappa shape index (κ3) is 6.89. The van der Waals surface area contributed by atoms with E-state index in [4.69, 9.17) is 4.74 Å². The Kier molecular flexibility index (Phi) is 11.8. The van der Waals surface area contributed by atoms with E-state index in [9.17, 15) is 9.90 Å². The quantitative estimate of drug-likeness (QED) is 0.207. The van der Waals surface area contributed by atoms with Gasteiger partial charge < -0.3 is 9.84 Å². The number of fused-ring (bicyclic) bond motifs is 20. The maximum absolute atomic E-state index is 16.6. The van der Waals surface area contributed by atoms with Crippen molar-refractivity contribution in [3.8, 4) is 5.75 Å². The number of nitrogens with one attached hydrogen (secondary N) is 8. The zero-order valence-electron chi connectivity index (χ0n) is 33.2. The summed E-state index contributed by atoms with van der Waals surface area (Å²) in [6, 6.07) is 4.69. The Bertz CT molecular complexity index is 1940. The van der Waals surface area contributed by atoms with Gasteiger partial charge in [-0.2, -0.15) is 0 Å². The Morgan fingerprint density at radius 2 is 0.585 bits per heavy atom. The van der Waals surface area contributed by atoms with Crippen LogP contribution in [0, 0.1) is 47.3 Å². The van der Waals surface area contributed by atoms with Gasteiger partial charge in [0.2, 0.25) is 0 Å². The maximum atomic E-state index is 16.6. The molecule has 5 aliphatic heterocycles. The number of carboxylic acids is 1. The number of hydrogen-bond acceptors (Lipinski definition) is 10. The van der Waals surface area contributed by atoms with Gasteiger partial charge in [-0.25, -0.2) is 70.7 Å². The number of hydrogen-bond donors (Lipinski definition) is 9. The fraction of sp³-hybridized carbons (Fsp3) is 0.821. The predicted octanol–water partition coefficient (Wildman–Crippen LogP) is 2.58. The maximum Gasteiger partial charge on any atom is 0.339 e. The number of alkyl halides is 15. The molecule has 9 fully saturated rings. The van der Waals surface area contributed by atoms with E-state index in [1.807, 2.05) is 0 Å². The SMILES string of the molecule is O=C(O)c1ccccc1OC1C(F)C(F)C(F)C2C3NC4NC(NC5NC(NC6NC(NC(N3)C12)C1C(F)C(F)C(F)C(F)C61)C1C(F)C(F)C(F)C(F)C51)C1C(F)C(F)C(F)C(F)C41. The molecule has 11 nitrogen and oxygen atoms in total. The van der Waals surface area contributed by atoms with Crippen LogP contribution in [0.3, 0.4) is 0 Å². The second-order valence-electron chi connectivity index (χ2n) is 18.8. The Labute approximate surface area is 359 Å². The van der Waals surface area contributed by atoms with E-state index in [0.29, 0.717) is 0 Å². The van der Waals surface area contributed by atoms with Crippen LogP contribution in [0.4, 0.5) is 65.9 Å². The number of rotatable bonds is 3. The second-order valence-corrected chi connectivity index (χ2v) is 18.8. The van der Waals surface area contributed by atoms with E-state index in [0.717, 1.165) is 12.1 Å². The molecule has 26 heteroatoms. The summed E-state index contributed by atoms with van der Waals surface area (Å²) in [7, 11) is 0. The molecule has 4 aliphatic carbocycles. The molecule has 0 amide bonds. The van der Waals surface area contributed by atoms with E-state index in [1.54, 1.807) is 0 Å². The first kappa shape index (κ1) is 45.9. The van der Waals surface area contributed by atoms with Gasteiger partial charge in [0, 0.05) is 47.3 Å². The van der Waals surface area contributed by atoms with Crippen molar-refractivity contribution in [3.63, 3.8) is 0 Å². The molecule has 0 aromatic heterocycles. The lowest BCUT2D eigenvalue weighted by Gasteiger charge is -2.44. The first-order chi connectivity index (χ1) is 30.8. The van der Waals surface area contributed by atoms with Crippen LogP contribution in [-0.2, 0) is 0 Å². The van der Waals surface area contributed by atoms with Gasteiger partial charge in [0.1, 0.15) is 60.6 Å². The zero-order valence-corrected chi connectivity index (χ0v) is 33.2. The topological polar surface area (TPSA) is 143 Å². The third-order valence-electron chi connectivity index (χ3n) is 15.7. The summed E-state index contributed by atoms with van der Waals surface area (Å²) in [5, 5.41) is 31.5. The van der Waals surface area contributed by atoms with E-state index < -0.39 is 213 Å². The Morgan fingerprint density at radius 3 is 0.862 bits per heavy atom. The predicted molar refractivity (Wildman–Crippen MR) is 195 cm³/mol. The van der Waals surface area contributed by atoms with Gasteiger partial charge in [-0.05, 0) is 12.1 Å². The fourth-order valence-corrected chi connectivity index (χ4v) is 12.8. The zero-order chi connectivity index (χ0) is 46.4. The highest BCUT2D eigenvalue weighted by Gasteiger charge is 2.69. The van der Waals surface area contributed by atoms with E-state index >= 15 is 65.9 Å². The van der Waals surface area contributed by atoms with Crippen molar-refractivity contribution < 1.29 is 80.5 Å². The molecule has 1 aromatic carbocycles. The average Bonchev–Trinajstić information content (AvgIpc) is 4.03. The van der Waals surface area contributed by atoms with E-state index in [-0.39, 0.29) is 0 Å². The molecule has 4 saturated carbocycles. The van der Waals surface area contributed by atoms with Crippen LogP contribution in [-0.4, -0.2) is 159 Å². The van der Waals surface area contributed by atoms with Gasteiger partial charge in [-0.15, -0.1) is 0 Å². The van der Waals surface area contributed by atoms with Gasteiger partial charge in [-0.1, -0.05) is 12.1 Å². The summed E-state index contributed by atoms with van der Waals surface area (Å²) in [6.45, 7) is 0. The van der Waals surface area contributed by atoms with Crippen LogP contribution < -0.4 is 47.3 Å². The minimum absolute atomic E-state index is 0.529. The summed E-state index contributed by atoms with van der Waals surface area (Å²) in [4.78, 5) is 12.1. The van der Waals surface area contributed by atoms with Crippen LogP contribution in [0.25, 0.3) is 0 Å². The summed E-state index contributed by atoms with van der Waals surface area (Å²) in [6.07, 6.45) is -60.7. The summed E-state index contributed by atoms with van der Waals surface area (Å²) >= 11 is 0. The molecule has 364 valence electrons. The highest BCUT2D eigenvalue weighted by molar-refractivity contribution is 5.90. The Morgan fingerprint density at radius 1 is 0.354 bits per heavy atom. The largest absolute Gasteiger partial charge is 0.486 e. The molecule has 32 unspecified atom stereocenters. The minimum atomic E-state index is -3.10. The number of aromatic carboxylic acids is 1. The third-order valence-corrected chi connectivity index (χ3v) is 15.7. The lowest BCUT2D eigenvalue weighted by Crippen LogP contribution is -2.63. The van der Waals surface area contributed by atoms with Crippen molar-refractivity contribution in [2.24, 2.45) is 47.3 Å². The van der Waals surface area contributed by atoms with Gasteiger partial charge in [0.05, 0.1) is 49.3 Å². The molecule has 0 spiro atoms. The van der Waals surface area contributed by atoms with Crippen LogP contribution in [0.15, 0.2) is 24.3 Å². The van der Waals surface area contributed by atoms with Gasteiger partial charge in [0.25, 0.3) is 0 Å². The smallest absolute Gasteiger partial charge is 0.339 e. The minimum Gasteiger partial charge on any atom is -0.486 e. The highest BCUT2D eigenvalue weighted by atomic mass is 19.2. The van der Waals surface area contributed by atoms with Crippen molar-refractivity contribution in [1.29, 1.82) is 0 Å². The molecule has 5 heterocycles. The standard InChI is InChI=1S/C39H45F15N8O3/c40-15-7-8(16(41)23(48)22(15)47)32-55-31(7)56-33-9-10(18(43)25(50)24(49)17(9)42)35(58-33)60-37-13-14(30(29(54)28(53)21(13)46)65-6-4-2-1-3-5(6)39(63)64)38(62-37)61-36-12-11(34(57-32)59-36)19(44)26(51)27(52)20(12)45/h1-4,7-38,55-62H,(H,63,64). The second kappa shape index (κ2) is 16.7. The normalized spacial score (nSPS) is 58.3. The molecular weight excluding hydrogens is 913 g/mol. The van der Waals surface area contributed by atoms with Crippen LogP contribution in [0.2, 0.25) is 0 Å². The molecule has 5 saturated heterocycles. The van der Waals surface area contributed by atoms with Crippen LogP contribution in [0.5, 0.6) is 5.75 Å². The molecule has 8 bridgehead atoms. The molecule has 10 rings (SSSR count). The van der Waals surface area contributed by atoms with Crippen molar-refractivity contribution in [3.05, 3.63) is 29.8 Å². The molecule has 9 N–H and O–H groups in total. The van der Waals surface area contributed by atoms with Gasteiger partial charge in [-0.3, -0.25) is 42.5 Å². The molecule has 1 aromatic rings. The van der Waals surface area contributed by atoms with E-state index in [1.165, 1.54) is 12.1 Å². The fourth-order valence-electron chi connectivity index (χ4n) is 12.8. The van der Waals surface area contributed by atoms with Gasteiger partial charge in [0.15, 0.2) is 49.4 Å². The first-order valence-corrected chi connectivity index (χ1v) is 21.5. The van der Waals surface area contributed by atoms with Crippen molar-refractivity contribution in [2.75, 3.05) is 0 Å². The summed E-state index contributed by atoms with van der Waals surface area (Å²) in [5.74, 6) is -17.5. The Balaban J connectivity index is 1.10. The van der Waals surface area contributed by atoms with Gasteiger partial charge >= 0.3 is 5.97 Å². The molecule has 65 heavy (non-hydrogen) atoms. The highest BCUT2D eigenvalue weighted by Crippen LogP contribution is 2.51. The van der Waals surface area contributed by atoms with Crippen LogP contribution in [0.1, 0.15) is 10.4 Å². The number of carboxylic acid groups (broad SMARTS) is 1. The average molecular weight is 959 g/mol. The number of para-hydroxylation sites is 1. The summed E-state index contributed by atoms with van der Waals surface area (Å²) in [5.41, 5.74) is -0.553. The summed E-state index contributed by atoms with van der Waals surface area (Å²) < 4.78 is 243. The first-order valence-electron chi connectivity index (χ1n) is 21.5. The lowest BCUT2D eigenvalue weighted by atomic mass is 9.72. The molecule has 32 atom stereocenters. The lowest BCUT2D eigenvalue weighted by molar-refractivity contribution is -0.104. The van der Waals surface area contributed by atoms with Crippen LogP contribution >= 0.6 is 0 Å².